The SMILES string of the molecule is CNc1nc(N(C)C(C)C2CC2)cc(C(F)(F)F)n1. The first-order valence-electron chi connectivity index (χ1n) is 6.19. The van der Waals surface area contributed by atoms with Gasteiger partial charge in [-0.3, -0.25) is 0 Å². The number of nitrogens with one attached hydrogen (secondary N) is 1. The minimum absolute atomic E-state index is 0.0142. The molecule has 1 atom stereocenters. The molecular weight excluding hydrogens is 257 g/mol. The van der Waals surface area contributed by atoms with Crippen LogP contribution < -0.4 is 10.2 Å². The second-order valence-corrected chi connectivity index (χ2v) is 4.87. The van der Waals surface area contributed by atoms with E-state index in [1.54, 1.807) is 11.9 Å². The van der Waals surface area contributed by atoms with Gasteiger partial charge in [-0.25, -0.2) is 4.98 Å². The minimum Gasteiger partial charge on any atom is -0.357 e. The normalized spacial score (nSPS) is 17.2. The molecule has 1 aromatic rings. The standard InChI is InChI=1S/C12H17F3N4/c1-7(8-4-5-8)19(3)10-6-9(12(13,14)15)17-11(16-2)18-10/h6-8H,4-5H2,1-3H3,(H,16,17,18). The van der Waals surface area contributed by atoms with Crippen LogP contribution in [0.4, 0.5) is 24.9 Å². The monoisotopic (exact) mass is 274 g/mol. The van der Waals surface area contributed by atoms with Gasteiger partial charge < -0.3 is 10.2 Å². The Labute approximate surface area is 110 Å². The molecule has 0 aromatic carbocycles. The predicted molar refractivity (Wildman–Crippen MR) is 67.2 cm³/mol. The third-order valence-electron chi connectivity index (χ3n) is 3.50. The van der Waals surface area contributed by atoms with Crippen molar-refractivity contribution in [3.8, 4) is 0 Å². The lowest BCUT2D eigenvalue weighted by atomic mass is 10.2. The molecule has 0 amide bonds. The summed E-state index contributed by atoms with van der Waals surface area (Å²) < 4.78 is 38.3. The van der Waals surface area contributed by atoms with Crippen molar-refractivity contribution in [2.45, 2.75) is 32.0 Å². The zero-order valence-electron chi connectivity index (χ0n) is 11.1. The molecule has 4 nitrogen and oxygen atoms in total. The van der Waals surface area contributed by atoms with E-state index in [-0.39, 0.29) is 12.0 Å². The molecule has 0 spiro atoms. The average Bonchev–Trinajstić information content (AvgIpc) is 3.19. The summed E-state index contributed by atoms with van der Waals surface area (Å²) in [5.41, 5.74) is -0.920. The second kappa shape index (κ2) is 4.86. The van der Waals surface area contributed by atoms with Crippen molar-refractivity contribution in [3.63, 3.8) is 0 Å². The zero-order valence-corrected chi connectivity index (χ0v) is 11.1. The van der Waals surface area contributed by atoms with E-state index in [1.165, 1.54) is 7.05 Å². The van der Waals surface area contributed by atoms with Gasteiger partial charge in [-0.1, -0.05) is 0 Å². The Balaban J connectivity index is 2.33. The molecule has 7 heteroatoms. The molecule has 0 aliphatic heterocycles. The van der Waals surface area contributed by atoms with Crippen molar-refractivity contribution in [1.82, 2.24) is 9.97 Å². The van der Waals surface area contributed by atoms with E-state index in [2.05, 4.69) is 15.3 Å². The Hall–Kier alpha value is -1.53. The van der Waals surface area contributed by atoms with E-state index in [4.69, 9.17) is 0 Å². The Morgan fingerprint density at radius 1 is 1.37 bits per heavy atom. The number of hydrogen-bond donors (Lipinski definition) is 1. The fourth-order valence-electron chi connectivity index (χ4n) is 1.98. The first-order chi connectivity index (χ1) is 8.82. The van der Waals surface area contributed by atoms with Crippen LogP contribution in [0.2, 0.25) is 0 Å². The van der Waals surface area contributed by atoms with Gasteiger partial charge in [0.1, 0.15) is 5.82 Å². The number of rotatable bonds is 4. The van der Waals surface area contributed by atoms with Crippen LogP contribution >= 0.6 is 0 Å². The summed E-state index contributed by atoms with van der Waals surface area (Å²) in [6.07, 6.45) is -2.21. The molecule has 0 radical (unpaired) electrons. The summed E-state index contributed by atoms with van der Waals surface area (Å²) in [4.78, 5) is 9.34. The van der Waals surface area contributed by atoms with Crippen LogP contribution in [-0.4, -0.2) is 30.1 Å². The fraction of sp³-hybridized carbons (Fsp3) is 0.667. The quantitative estimate of drug-likeness (QED) is 0.916. The van der Waals surface area contributed by atoms with Crippen molar-refractivity contribution >= 4 is 11.8 Å². The lowest BCUT2D eigenvalue weighted by Gasteiger charge is -2.26. The van der Waals surface area contributed by atoms with E-state index < -0.39 is 11.9 Å². The highest BCUT2D eigenvalue weighted by atomic mass is 19.4. The molecule has 106 valence electrons. The zero-order chi connectivity index (χ0) is 14.2. The minimum atomic E-state index is -4.47. The molecule has 19 heavy (non-hydrogen) atoms. The van der Waals surface area contributed by atoms with E-state index >= 15 is 0 Å². The maximum absolute atomic E-state index is 12.8. The molecule has 1 aliphatic rings. The molecule has 2 rings (SSSR count). The van der Waals surface area contributed by atoms with Crippen molar-refractivity contribution in [3.05, 3.63) is 11.8 Å². The van der Waals surface area contributed by atoms with Crippen LogP contribution in [0.1, 0.15) is 25.5 Å². The van der Waals surface area contributed by atoms with Gasteiger partial charge in [0.25, 0.3) is 0 Å². The number of anilines is 2. The van der Waals surface area contributed by atoms with Crippen molar-refractivity contribution in [1.29, 1.82) is 0 Å². The van der Waals surface area contributed by atoms with E-state index in [0.717, 1.165) is 18.9 Å². The van der Waals surface area contributed by atoms with Gasteiger partial charge >= 0.3 is 6.18 Å². The number of halogens is 3. The first kappa shape index (κ1) is 13.9. The van der Waals surface area contributed by atoms with Gasteiger partial charge in [-0.2, -0.15) is 18.2 Å². The maximum Gasteiger partial charge on any atom is 0.433 e. The Morgan fingerprint density at radius 3 is 2.47 bits per heavy atom. The van der Waals surface area contributed by atoms with Crippen molar-refractivity contribution in [2.75, 3.05) is 24.3 Å². The molecular formula is C12H17F3N4. The summed E-state index contributed by atoms with van der Waals surface area (Å²) in [5.74, 6) is 0.832. The highest BCUT2D eigenvalue weighted by Crippen LogP contribution is 2.37. The number of hydrogen-bond acceptors (Lipinski definition) is 4. The number of nitrogens with zero attached hydrogens (tertiary/aromatic N) is 3. The molecule has 1 aromatic heterocycles. The molecule has 1 heterocycles. The van der Waals surface area contributed by atoms with Crippen LogP contribution in [0.5, 0.6) is 0 Å². The highest BCUT2D eigenvalue weighted by Gasteiger charge is 2.35. The molecule has 0 saturated heterocycles. The largest absolute Gasteiger partial charge is 0.433 e. The third kappa shape index (κ3) is 3.08. The van der Waals surface area contributed by atoms with Crippen molar-refractivity contribution in [2.24, 2.45) is 5.92 Å². The second-order valence-electron chi connectivity index (χ2n) is 4.87. The van der Waals surface area contributed by atoms with Gasteiger partial charge in [-0.15, -0.1) is 0 Å². The summed E-state index contributed by atoms with van der Waals surface area (Å²) >= 11 is 0. The Bertz CT molecular complexity index is 457. The van der Waals surface area contributed by atoms with Crippen molar-refractivity contribution < 1.29 is 13.2 Å². The maximum atomic E-state index is 12.8. The van der Waals surface area contributed by atoms with Crippen LogP contribution in [-0.2, 0) is 6.18 Å². The first-order valence-corrected chi connectivity index (χ1v) is 6.19. The summed E-state index contributed by atoms with van der Waals surface area (Å²) in [6.45, 7) is 2.01. The fourth-order valence-corrected chi connectivity index (χ4v) is 1.98. The summed E-state index contributed by atoms with van der Waals surface area (Å²) in [6, 6.07) is 1.18. The molecule has 1 N–H and O–H groups in total. The molecule has 1 unspecified atom stereocenters. The van der Waals surface area contributed by atoms with E-state index in [1.807, 2.05) is 6.92 Å². The smallest absolute Gasteiger partial charge is 0.357 e. The molecule has 1 fully saturated rings. The van der Waals surface area contributed by atoms with Gasteiger partial charge in [0, 0.05) is 26.2 Å². The lowest BCUT2D eigenvalue weighted by Crippen LogP contribution is -2.32. The van der Waals surface area contributed by atoms with E-state index in [9.17, 15) is 13.2 Å². The average molecular weight is 274 g/mol. The highest BCUT2D eigenvalue weighted by molar-refractivity contribution is 5.45. The molecule has 1 aliphatic carbocycles. The Morgan fingerprint density at radius 2 is 2.00 bits per heavy atom. The molecule has 1 saturated carbocycles. The predicted octanol–water partition coefficient (Wildman–Crippen LogP) is 2.77. The van der Waals surface area contributed by atoms with Crippen LogP contribution in [0, 0.1) is 5.92 Å². The lowest BCUT2D eigenvalue weighted by molar-refractivity contribution is -0.141. The molecule has 0 bridgehead atoms. The summed E-state index contributed by atoms with van der Waals surface area (Å²) in [5, 5.41) is 2.57. The topological polar surface area (TPSA) is 41.1 Å². The van der Waals surface area contributed by atoms with Gasteiger partial charge in [0.05, 0.1) is 0 Å². The van der Waals surface area contributed by atoms with E-state index in [0.29, 0.717) is 11.7 Å². The van der Waals surface area contributed by atoms with Crippen LogP contribution in [0.3, 0.4) is 0 Å². The van der Waals surface area contributed by atoms with Gasteiger partial charge in [0.2, 0.25) is 5.95 Å². The van der Waals surface area contributed by atoms with Crippen LogP contribution in [0.25, 0.3) is 0 Å². The number of aromatic nitrogens is 2. The third-order valence-corrected chi connectivity index (χ3v) is 3.50. The van der Waals surface area contributed by atoms with Gasteiger partial charge in [0.15, 0.2) is 5.69 Å². The Kier molecular flexibility index (Phi) is 3.56. The number of alkyl halides is 3. The summed E-state index contributed by atoms with van der Waals surface area (Å²) in [7, 11) is 3.27. The van der Waals surface area contributed by atoms with Gasteiger partial charge in [-0.05, 0) is 25.7 Å². The van der Waals surface area contributed by atoms with Crippen LogP contribution in [0.15, 0.2) is 6.07 Å².